The molecule has 15 heavy (non-hydrogen) atoms. The van der Waals surface area contributed by atoms with Crippen molar-refractivity contribution in [1.82, 2.24) is 0 Å². The van der Waals surface area contributed by atoms with E-state index >= 15 is 0 Å². The molecule has 0 saturated heterocycles. The van der Waals surface area contributed by atoms with Gasteiger partial charge in [-0.1, -0.05) is 32.1 Å². The van der Waals surface area contributed by atoms with E-state index in [0.29, 0.717) is 0 Å². The summed E-state index contributed by atoms with van der Waals surface area (Å²) in [6.07, 6.45) is 21.3. The summed E-state index contributed by atoms with van der Waals surface area (Å²) in [5.41, 5.74) is 0. The lowest BCUT2D eigenvalue weighted by Crippen LogP contribution is -2.23. The molecule has 0 spiro atoms. The number of thiol groups is 1. The second-order valence-corrected chi connectivity index (χ2v) is 5.70. The van der Waals surface area contributed by atoms with Crippen LogP contribution in [0.3, 0.4) is 0 Å². The van der Waals surface area contributed by atoms with Crippen molar-refractivity contribution >= 4 is 12.6 Å². The van der Waals surface area contributed by atoms with Crippen molar-refractivity contribution in [2.24, 2.45) is 11.8 Å². The lowest BCUT2D eigenvalue weighted by atomic mass is 9.73. The van der Waals surface area contributed by atoms with Crippen molar-refractivity contribution in [1.29, 1.82) is 0 Å². The predicted molar refractivity (Wildman–Crippen MR) is 71.2 cm³/mol. The van der Waals surface area contributed by atoms with Crippen LogP contribution in [-0.2, 0) is 0 Å². The Morgan fingerprint density at radius 2 is 1.13 bits per heavy atom. The summed E-state index contributed by atoms with van der Waals surface area (Å²) in [5, 5.41) is 0.722. The van der Waals surface area contributed by atoms with E-state index in [9.17, 15) is 0 Å². The topological polar surface area (TPSA) is 0 Å². The molecule has 0 heterocycles. The summed E-state index contributed by atoms with van der Waals surface area (Å²) in [4.78, 5) is 0. The van der Waals surface area contributed by atoms with E-state index in [1.54, 1.807) is 0 Å². The van der Waals surface area contributed by atoms with Gasteiger partial charge in [0.25, 0.3) is 0 Å². The first-order valence-corrected chi connectivity index (χ1v) is 6.89. The Labute approximate surface area is 101 Å². The van der Waals surface area contributed by atoms with Crippen molar-refractivity contribution in [3.8, 4) is 12.8 Å². The minimum atomic E-state index is 0.722. The third-order valence-electron chi connectivity index (χ3n) is 4.06. The van der Waals surface area contributed by atoms with Gasteiger partial charge in [0.15, 0.2) is 0 Å². The minimum Gasteiger partial charge on any atom is -0.176 e. The molecule has 2 aliphatic rings. The van der Waals surface area contributed by atoms with Gasteiger partial charge in [0.1, 0.15) is 0 Å². The number of terminal acetylenes is 1. The van der Waals surface area contributed by atoms with Crippen LogP contribution in [0.4, 0.5) is 0 Å². The Morgan fingerprint density at radius 3 is 1.67 bits per heavy atom. The van der Waals surface area contributed by atoms with Crippen molar-refractivity contribution in [3.05, 3.63) is 0 Å². The molecule has 86 valence electrons. The van der Waals surface area contributed by atoms with Crippen LogP contribution >= 0.6 is 12.6 Å². The van der Waals surface area contributed by atoms with Gasteiger partial charge < -0.3 is 0 Å². The summed E-state index contributed by atoms with van der Waals surface area (Å²) < 4.78 is 0. The van der Waals surface area contributed by atoms with Crippen molar-refractivity contribution in [3.63, 3.8) is 0 Å². The molecule has 0 aromatic rings. The van der Waals surface area contributed by atoms with Crippen molar-refractivity contribution in [2.45, 2.75) is 63.0 Å². The van der Waals surface area contributed by atoms with Crippen LogP contribution in [0.15, 0.2) is 0 Å². The van der Waals surface area contributed by atoms with E-state index in [0.717, 1.165) is 17.1 Å². The second-order valence-electron chi connectivity index (χ2n) is 4.97. The van der Waals surface area contributed by atoms with Crippen molar-refractivity contribution in [2.75, 3.05) is 0 Å². The van der Waals surface area contributed by atoms with Gasteiger partial charge in [0.05, 0.1) is 0 Å². The zero-order chi connectivity index (χ0) is 11.1. The van der Waals surface area contributed by atoms with Crippen LogP contribution in [0.5, 0.6) is 0 Å². The van der Waals surface area contributed by atoms with E-state index in [1.165, 1.54) is 57.8 Å². The Hall–Kier alpha value is -0.0900. The molecule has 1 heteroatoms. The molecule has 0 radical (unpaired) electrons. The fraction of sp³-hybridized carbons (Fsp3) is 0.857. The van der Waals surface area contributed by atoms with Crippen LogP contribution in [0.1, 0.15) is 57.8 Å². The molecule has 2 aliphatic carbocycles. The highest BCUT2D eigenvalue weighted by atomic mass is 32.1. The largest absolute Gasteiger partial charge is 0.176 e. The molecule has 0 unspecified atom stereocenters. The summed E-state index contributed by atoms with van der Waals surface area (Å²) in [6, 6.07) is 0. The average Bonchev–Trinajstić information content (AvgIpc) is 2.34. The molecule has 2 rings (SSSR count). The Morgan fingerprint density at radius 1 is 0.667 bits per heavy atom. The lowest BCUT2D eigenvalue weighted by molar-refractivity contribution is 0.199. The quantitative estimate of drug-likeness (QED) is 0.498. The van der Waals surface area contributed by atoms with Crippen molar-refractivity contribution < 1.29 is 0 Å². The minimum absolute atomic E-state index is 0.722. The maximum atomic E-state index is 4.57. The monoisotopic (exact) mass is 224 g/mol. The van der Waals surface area contributed by atoms with Gasteiger partial charge in [-0.15, -0.1) is 12.8 Å². The fourth-order valence-corrected chi connectivity index (χ4v) is 3.48. The molecule has 0 aromatic carbocycles. The maximum absolute atomic E-state index is 4.57. The van der Waals surface area contributed by atoms with Gasteiger partial charge in [0, 0.05) is 5.25 Å². The second kappa shape index (κ2) is 7.23. The maximum Gasteiger partial charge on any atom is 0.00170 e. The zero-order valence-electron chi connectivity index (χ0n) is 9.70. The summed E-state index contributed by atoms with van der Waals surface area (Å²) >= 11 is 4.57. The Bertz CT molecular complexity index is 171. The van der Waals surface area contributed by atoms with Gasteiger partial charge in [-0.2, -0.15) is 12.6 Å². The SMILES string of the molecule is C#C.SC1CCC(C2CCCCC2)CC1. The standard InChI is InChI=1S/C12H22S.C2H2/c13-12-8-6-11(7-9-12)10-4-2-1-3-5-10;1-2/h10-13H,1-9H2;1-2H. The van der Waals surface area contributed by atoms with Gasteiger partial charge in [-0.25, -0.2) is 0 Å². The van der Waals surface area contributed by atoms with E-state index < -0.39 is 0 Å². The number of hydrogen-bond acceptors (Lipinski definition) is 1. The van der Waals surface area contributed by atoms with Crippen LogP contribution in [0, 0.1) is 24.7 Å². The Balaban J connectivity index is 0.000000531. The third kappa shape index (κ3) is 4.11. The molecule has 0 bridgehead atoms. The van der Waals surface area contributed by atoms with E-state index in [2.05, 4.69) is 25.5 Å². The first-order valence-electron chi connectivity index (χ1n) is 6.37. The molecule has 0 nitrogen and oxygen atoms in total. The first-order chi connectivity index (χ1) is 7.36. The molecular weight excluding hydrogens is 200 g/mol. The first kappa shape index (κ1) is 13.0. The summed E-state index contributed by atoms with van der Waals surface area (Å²) in [5.74, 6) is 2.17. The molecule has 0 amide bonds. The Kier molecular flexibility index (Phi) is 6.25. The molecule has 2 saturated carbocycles. The molecule has 2 fully saturated rings. The smallest absolute Gasteiger partial charge is 0.00170 e. The number of rotatable bonds is 1. The van der Waals surface area contributed by atoms with E-state index in [-0.39, 0.29) is 0 Å². The third-order valence-corrected chi connectivity index (χ3v) is 4.57. The molecular formula is C14H24S. The van der Waals surface area contributed by atoms with Gasteiger partial charge in [-0.3, -0.25) is 0 Å². The number of hydrogen-bond donors (Lipinski definition) is 1. The van der Waals surface area contributed by atoms with Gasteiger partial charge >= 0.3 is 0 Å². The van der Waals surface area contributed by atoms with E-state index in [4.69, 9.17) is 0 Å². The summed E-state index contributed by atoms with van der Waals surface area (Å²) in [7, 11) is 0. The molecule has 0 atom stereocenters. The highest BCUT2D eigenvalue weighted by Gasteiger charge is 2.27. The van der Waals surface area contributed by atoms with Gasteiger partial charge in [-0.05, 0) is 37.5 Å². The van der Waals surface area contributed by atoms with Crippen LogP contribution < -0.4 is 0 Å². The molecule has 0 aliphatic heterocycles. The lowest BCUT2D eigenvalue weighted by Gasteiger charge is -2.34. The highest BCUT2D eigenvalue weighted by molar-refractivity contribution is 7.80. The zero-order valence-corrected chi connectivity index (χ0v) is 10.6. The van der Waals surface area contributed by atoms with Crippen LogP contribution in [-0.4, -0.2) is 5.25 Å². The van der Waals surface area contributed by atoms with Gasteiger partial charge in [0.2, 0.25) is 0 Å². The molecule has 0 N–H and O–H groups in total. The predicted octanol–water partition coefficient (Wildman–Crippen LogP) is 4.30. The average molecular weight is 224 g/mol. The summed E-state index contributed by atoms with van der Waals surface area (Å²) in [6.45, 7) is 0. The fourth-order valence-electron chi connectivity index (χ4n) is 3.18. The molecule has 0 aromatic heterocycles. The van der Waals surface area contributed by atoms with Crippen LogP contribution in [0.2, 0.25) is 0 Å². The normalized spacial score (nSPS) is 32.7. The van der Waals surface area contributed by atoms with E-state index in [1.807, 2.05) is 0 Å². The highest BCUT2D eigenvalue weighted by Crippen LogP contribution is 2.39. The van der Waals surface area contributed by atoms with Crippen LogP contribution in [0.25, 0.3) is 0 Å².